The number of amides is 1. The van der Waals surface area contributed by atoms with E-state index in [1.54, 1.807) is 17.1 Å². The van der Waals surface area contributed by atoms with E-state index < -0.39 is 0 Å². The van der Waals surface area contributed by atoms with Crippen LogP contribution in [0.3, 0.4) is 0 Å². The molecule has 1 N–H and O–H groups in total. The first kappa shape index (κ1) is 20.2. The smallest absolute Gasteiger partial charge is 0.251 e. The van der Waals surface area contributed by atoms with Gasteiger partial charge in [0.2, 0.25) is 0 Å². The highest BCUT2D eigenvalue weighted by atomic mass is 16.1. The SMILES string of the molecule is Cc1cc(C(=O)NCc2ccccc2CN2CCCCC2C)ccc1-n1cnnn1. The van der Waals surface area contributed by atoms with Crippen molar-refractivity contribution in [1.29, 1.82) is 0 Å². The summed E-state index contributed by atoms with van der Waals surface area (Å²) in [6.45, 7) is 6.86. The van der Waals surface area contributed by atoms with Crippen LogP contribution in [0, 0.1) is 6.92 Å². The monoisotopic (exact) mass is 404 g/mol. The minimum Gasteiger partial charge on any atom is -0.348 e. The van der Waals surface area contributed by atoms with Gasteiger partial charge in [-0.25, -0.2) is 4.68 Å². The van der Waals surface area contributed by atoms with Crippen LogP contribution in [0.5, 0.6) is 0 Å². The lowest BCUT2D eigenvalue weighted by molar-refractivity contribution is 0.0950. The molecule has 0 radical (unpaired) electrons. The van der Waals surface area contributed by atoms with Gasteiger partial charge in [0.1, 0.15) is 6.33 Å². The lowest BCUT2D eigenvalue weighted by Crippen LogP contribution is -2.37. The van der Waals surface area contributed by atoms with Crippen LogP contribution in [0.1, 0.15) is 53.2 Å². The average Bonchev–Trinajstić information content (AvgIpc) is 3.29. The zero-order chi connectivity index (χ0) is 20.9. The minimum atomic E-state index is -0.0810. The second kappa shape index (κ2) is 9.17. The highest BCUT2D eigenvalue weighted by molar-refractivity contribution is 5.94. The van der Waals surface area contributed by atoms with E-state index in [-0.39, 0.29) is 5.91 Å². The summed E-state index contributed by atoms with van der Waals surface area (Å²) in [6.07, 6.45) is 5.39. The summed E-state index contributed by atoms with van der Waals surface area (Å²) in [6, 6.07) is 14.6. The van der Waals surface area contributed by atoms with Crippen LogP contribution < -0.4 is 5.32 Å². The molecule has 1 aliphatic rings. The quantitative estimate of drug-likeness (QED) is 0.682. The molecule has 0 saturated carbocycles. The van der Waals surface area contributed by atoms with Gasteiger partial charge in [0.05, 0.1) is 5.69 Å². The van der Waals surface area contributed by atoms with Crippen LogP contribution in [0.15, 0.2) is 48.8 Å². The van der Waals surface area contributed by atoms with Crippen LogP contribution in [-0.4, -0.2) is 43.6 Å². The summed E-state index contributed by atoms with van der Waals surface area (Å²) >= 11 is 0. The van der Waals surface area contributed by atoms with Gasteiger partial charge in [-0.2, -0.15) is 0 Å². The fourth-order valence-electron chi connectivity index (χ4n) is 4.10. The molecule has 4 rings (SSSR count). The average molecular weight is 405 g/mol. The number of carbonyl (C=O) groups excluding carboxylic acids is 1. The summed E-state index contributed by atoms with van der Waals surface area (Å²) < 4.78 is 1.59. The van der Waals surface area contributed by atoms with E-state index in [9.17, 15) is 4.79 Å². The third kappa shape index (κ3) is 4.57. The first-order valence-electron chi connectivity index (χ1n) is 10.5. The van der Waals surface area contributed by atoms with Crippen molar-refractivity contribution in [2.24, 2.45) is 0 Å². The van der Waals surface area contributed by atoms with Gasteiger partial charge in [0.15, 0.2) is 0 Å². The second-order valence-corrected chi connectivity index (χ2v) is 8.02. The van der Waals surface area contributed by atoms with E-state index >= 15 is 0 Å². The third-order valence-electron chi connectivity index (χ3n) is 5.93. The number of aryl methyl sites for hydroxylation is 1. The van der Waals surface area contributed by atoms with Gasteiger partial charge >= 0.3 is 0 Å². The summed E-state index contributed by atoms with van der Waals surface area (Å²) in [5.41, 5.74) is 4.89. The largest absolute Gasteiger partial charge is 0.348 e. The fourth-order valence-corrected chi connectivity index (χ4v) is 4.10. The zero-order valence-corrected chi connectivity index (χ0v) is 17.6. The van der Waals surface area contributed by atoms with Crippen molar-refractivity contribution < 1.29 is 4.79 Å². The second-order valence-electron chi connectivity index (χ2n) is 8.02. The van der Waals surface area contributed by atoms with E-state index in [1.165, 1.54) is 30.4 Å². The number of hydrogen-bond donors (Lipinski definition) is 1. The number of piperidine rings is 1. The van der Waals surface area contributed by atoms with Crippen molar-refractivity contribution in [3.8, 4) is 5.69 Å². The van der Waals surface area contributed by atoms with Crippen molar-refractivity contribution >= 4 is 5.91 Å². The topological polar surface area (TPSA) is 75.9 Å². The number of likely N-dealkylation sites (tertiary alicyclic amines) is 1. The molecule has 1 saturated heterocycles. The molecule has 1 fully saturated rings. The maximum Gasteiger partial charge on any atom is 0.251 e. The Kier molecular flexibility index (Phi) is 6.18. The molecule has 1 aromatic heterocycles. The number of rotatable bonds is 6. The Morgan fingerprint density at radius 2 is 2.00 bits per heavy atom. The first-order chi connectivity index (χ1) is 14.6. The highest BCUT2D eigenvalue weighted by Gasteiger charge is 2.19. The number of benzene rings is 2. The van der Waals surface area contributed by atoms with E-state index in [4.69, 9.17) is 0 Å². The Morgan fingerprint density at radius 3 is 2.73 bits per heavy atom. The summed E-state index contributed by atoms with van der Waals surface area (Å²) in [5.74, 6) is -0.0810. The van der Waals surface area contributed by atoms with Crippen molar-refractivity contribution in [2.75, 3.05) is 6.54 Å². The molecule has 1 atom stereocenters. The number of nitrogens with zero attached hydrogens (tertiary/aromatic N) is 5. The lowest BCUT2D eigenvalue weighted by atomic mass is 10.0. The molecule has 7 nitrogen and oxygen atoms in total. The molecular weight excluding hydrogens is 376 g/mol. The molecule has 2 aromatic carbocycles. The van der Waals surface area contributed by atoms with E-state index in [2.05, 4.69) is 50.9 Å². The molecule has 1 aliphatic heterocycles. The predicted octanol–water partition coefficient (Wildman–Crippen LogP) is 3.28. The van der Waals surface area contributed by atoms with Crippen LogP contribution in [0.25, 0.3) is 5.69 Å². The van der Waals surface area contributed by atoms with Gasteiger partial charge in [-0.05, 0) is 78.6 Å². The van der Waals surface area contributed by atoms with Crippen LogP contribution in [0.4, 0.5) is 0 Å². The molecule has 1 unspecified atom stereocenters. The van der Waals surface area contributed by atoms with Gasteiger partial charge in [-0.1, -0.05) is 30.7 Å². The molecule has 7 heteroatoms. The molecular formula is C23H28N6O. The van der Waals surface area contributed by atoms with Crippen molar-refractivity contribution in [1.82, 2.24) is 30.4 Å². The fraction of sp³-hybridized carbons (Fsp3) is 0.391. The number of hydrogen-bond acceptors (Lipinski definition) is 5. The highest BCUT2D eigenvalue weighted by Crippen LogP contribution is 2.21. The molecule has 0 bridgehead atoms. The predicted molar refractivity (Wildman–Crippen MR) is 115 cm³/mol. The molecule has 1 amide bonds. The van der Waals surface area contributed by atoms with Crippen molar-refractivity contribution in [2.45, 2.75) is 52.2 Å². The Labute approximate surface area is 177 Å². The standard InChI is InChI=1S/C23H28N6O/c1-17-13-19(10-11-22(17)29-16-25-26-27-29)23(30)24-14-20-8-3-4-9-21(20)15-28-12-6-5-7-18(28)2/h3-4,8-11,13,16,18H,5-7,12,14-15H2,1-2H3,(H,24,30). The van der Waals surface area contributed by atoms with Gasteiger partial charge in [0.25, 0.3) is 5.91 Å². The van der Waals surface area contributed by atoms with Crippen molar-refractivity contribution in [3.05, 3.63) is 71.0 Å². The Hall–Kier alpha value is -3.06. The first-order valence-corrected chi connectivity index (χ1v) is 10.5. The lowest BCUT2D eigenvalue weighted by Gasteiger charge is -2.33. The zero-order valence-electron chi connectivity index (χ0n) is 17.6. The van der Waals surface area contributed by atoms with Gasteiger partial charge in [-0.3, -0.25) is 9.69 Å². The Bertz CT molecular complexity index is 1000. The number of tetrazole rings is 1. The third-order valence-corrected chi connectivity index (χ3v) is 5.93. The molecule has 3 aromatic rings. The van der Waals surface area contributed by atoms with Gasteiger partial charge in [-0.15, -0.1) is 5.10 Å². The van der Waals surface area contributed by atoms with Crippen LogP contribution in [0.2, 0.25) is 0 Å². The van der Waals surface area contributed by atoms with Gasteiger partial charge < -0.3 is 5.32 Å². The normalized spacial score (nSPS) is 17.1. The number of carbonyl (C=O) groups is 1. The van der Waals surface area contributed by atoms with E-state index in [0.717, 1.165) is 24.3 Å². The van der Waals surface area contributed by atoms with Gasteiger partial charge in [0, 0.05) is 24.7 Å². The maximum atomic E-state index is 12.8. The summed E-state index contributed by atoms with van der Waals surface area (Å²) in [7, 11) is 0. The number of nitrogens with one attached hydrogen (secondary N) is 1. The summed E-state index contributed by atoms with van der Waals surface area (Å²) in [4.78, 5) is 15.3. The Balaban J connectivity index is 1.42. The molecule has 30 heavy (non-hydrogen) atoms. The number of aromatic nitrogens is 4. The Morgan fingerprint density at radius 1 is 1.17 bits per heavy atom. The van der Waals surface area contributed by atoms with Crippen LogP contribution >= 0.6 is 0 Å². The summed E-state index contributed by atoms with van der Waals surface area (Å²) in [5, 5.41) is 14.3. The molecule has 0 aliphatic carbocycles. The van der Waals surface area contributed by atoms with Crippen LogP contribution in [-0.2, 0) is 13.1 Å². The van der Waals surface area contributed by atoms with Crippen molar-refractivity contribution in [3.63, 3.8) is 0 Å². The molecule has 0 spiro atoms. The van der Waals surface area contributed by atoms with E-state index in [1.807, 2.05) is 25.1 Å². The minimum absolute atomic E-state index is 0.0810. The molecule has 2 heterocycles. The van der Waals surface area contributed by atoms with E-state index in [0.29, 0.717) is 18.2 Å². The molecule has 156 valence electrons. The maximum absolute atomic E-state index is 12.8.